The summed E-state index contributed by atoms with van der Waals surface area (Å²) in [7, 11) is 0. The third-order valence-corrected chi connectivity index (χ3v) is 3.26. The van der Waals surface area contributed by atoms with E-state index < -0.39 is 11.9 Å². The number of halogens is 1. The molecule has 2 rings (SSSR count). The van der Waals surface area contributed by atoms with Gasteiger partial charge in [-0.3, -0.25) is 4.79 Å². The quantitative estimate of drug-likeness (QED) is 0.837. The first kappa shape index (κ1) is 13.1. The van der Waals surface area contributed by atoms with E-state index in [0.717, 1.165) is 11.3 Å². The topological polar surface area (TPSA) is 81.6 Å². The molecule has 6 heteroatoms. The summed E-state index contributed by atoms with van der Waals surface area (Å²) in [5.41, 5.74) is 12.9. The number of nitrogens with zero attached hydrogens (tertiary/aromatic N) is 1. The fraction of sp³-hybridized carbons (Fsp3) is 0.417. The van der Waals surface area contributed by atoms with E-state index in [1.165, 1.54) is 0 Å². The molecule has 1 aliphatic rings. The van der Waals surface area contributed by atoms with E-state index in [2.05, 4.69) is 0 Å². The summed E-state index contributed by atoms with van der Waals surface area (Å²) >= 11 is 5.94. The Morgan fingerprint density at radius 2 is 2.33 bits per heavy atom. The molecule has 0 radical (unpaired) electrons. The van der Waals surface area contributed by atoms with Crippen LogP contribution in [-0.2, 0) is 16.1 Å². The number of benzene rings is 1. The SMILES string of the molecule is NCc1cc(Cl)ccc1N1CCOCC1C(N)=O. The van der Waals surface area contributed by atoms with Crippen LogP contribution in [0.4, 0.5) is 5.69 Å². The minimum Gasteiger partial charge on any atom is -0.377 e. The first-order valence-corrected chi connectivity index (χ1v) is 6.13. The molecule has 1 fully saturated rings. The lowest BCUT2D eigenvalue weighted by Crippen LogP contribution is -2.53. The largest absolute Gasteiger partial charge is 0.377 e. The highest BCUT2D eigenvalue weighted by atomic mass is 35.5. The third-order valence-electron chi connectivity index (χ3n) is 3.03. The van der Waals surface area contributed by atoms with E-state index >= 15 is 0 Å². The number of hydrogen-bond acceptors (Lipinski definition) is 4. The van der Waals surface area contributed by atoms with Crippen molar-refractivity contribution in [3.8, 4) is 0 Å². The van der Waals surface area contributed by atoms with Crippen molar-refractivity contribution in [1.29, 1.82) is 0 Å². The van der Waals surface area contributed by atoms with Crippen molar-refractivity contribution in [3.05, 3.63) is 28.8 Å². The second-order valence-corrected chi connectivity index (χ2v) is 4.60. The van der Waals surface area contributed by atoms with Crippen LogP contribution in [0.1, 0.15) is 5.56 Å². The van der Waals surface area contributed by atoms with Crippen LogP contribution in [0.15, 0.2) is 18.2 Å². The van der Waals surface area contributed by atoms with Crippen LogP contribution in [0.2, 0.25) is 5.02 Å². The fourth-order valence-corrected chi connectivity index (χ4v) is 2.32. The molecule has 0 spiro atoms. The maximum absolute atomic E-state index is 11.4. The van der Waals surface area contributed by atoms with Crippen LogP contribution >= 0.6 is 11.6 Å². The molecule has 0 aliphatic carbocycles. The molecular formula is C12H16ClN3O2. The molecule has 0 saturated carbocycles. The highest BCUT2D eigenvalue weighted by Gasteiger charge is 2.28. The second kappa shape index (κ2) is 5.56. The summed E-state index contributed by atoms with van der Waals surface area (Å²) in [5, 5.41) is 0.628. The van der Waals surface area contributed by atoms with Gasteiger partial charge in [-0.1, -0.05) is 11.6 Å². The van der Waals surface area contributed by atoms with Crippen molar-refractivity contribution in [3.63, 3.8) is 0 Å². The van der Waals surface area contributed by atoms with Gasteiger partial charge in [-0.05, 0) is 23.8 Å². The standard InChI is InChI=1S/C12H16ClN3O2/c13-9-1-2-10(8(5-9)6-14)16-3-4-18-7-11(16)12(15)17/h1-2,5,11H,3-4,6-7,14H2,(H2,15,17). The average molecular weight is 270 g/mol. The van der Waals surface area contributed by atoms with Crippen molar-refractivity contribution < 1.29 is 9.53 Å². The summed E-state index contributed by atoms with van der Waals surface area (Å²) in [6, 6.07) is 5.00. The Morgan fingerprint density at radius 3 is 3.00 bits per heavy atom. The van der Waals surface area contributed by atoms with E-state index in [9.17, 15) is 4.79 Å². The second-order valence-electron chi connectivity index (χ2n) is 4.16. The van der Waals surface area contributed by atoms with Crippen LogP contribution in [-0.4, -0.2) is 31.7 Å². The maximum atomic E-state index is 11.4. The highest BCUT2D eigenvalue weighted by Crippen LogP contribution is 2.27. The van der Waals surface area contributed by atoms with Gasteiger partial charge in [0.1, 0.15) is 6.04 Å². The minimum absolute atomic E-state index is 0.308. The number of carbonyl (C=O) groups is 1. The lowest BCUT2D eigenvalue weighted by molar-refractivity contribution is -0.121. The molecule has 1 saturated heterocycles. The van der Waals surface area contributed by atoms with Crippen LogP contribution in [0.25, 0.3) is 0 Å². The molecule has 1 heterocycles. The van der Waals surface area contributed by atoms with Crippen molar-refractivity contribution in [1.82, 2.24) is 0 Å². The zero-order valence-electron chi connectivity index (χ0n) is 9.93. The maximum Gasteiger partial charge on any atom is 0.242 e. The van der Waals surface area contributed by atoms with Crippen LogP contribution in [0.3, 0.4) is 0 Å². The Hall–Kier alpha value is -1.30. The van der Waals surface area contributed by atoms with Crippen molar-refractivity contribution >= 4 is 23.2 Å². The van der Waals surface area contributed by atoms with Crippen LogP contribution in [0, 0.1) is 0 Å². The Bertz CT molecular complexity index is 453. The number of amides is 1. The summed E-state index contributed by atoms with van der Waals surface area (Å²) < 4.78 is 5.29. The van der Waals surface area contributed by atoms with E-state index in [1.807, 2.05) is 17.0 Å². The number of primary amides is 1. The van der Waals surface area contributed by atoms with E-state index in [-0.39, 0.29) is 0 Å². The monoisotopic (exact) mass is 269 g/mol. The molecule has 1 aliphatic heterocycles. The van der Waals surface area contributed by atoms with Gasteiger partial charge in [0.2, 0.25) is 5.91 Å². The molecule has 0 bridgehead atoms. The van der Waals surface area contributed by atoms with E-state index in [4.69, 9.17) is 27.8 Å². The predicted octanol–water partition coefficient (Wildman–Crippen LogP) is 0.489. The van der Waals surface area contributed by atoms with Gasteiger partial charge >= 0.3 is 0 Å². The van der Waals surface area contributed by atoms with Gasteiger partial charge in [0.15, 0.2) is 0 Å². The zero-order valence-corrected chi connectivity index (χ0v) is 10.7. The molecule has 1 atom stereocenters. The van der Waals surface area contributed by atoms with Gasteiger partial charge in [0.25, 0.3) is 0 Å². The van der Waals surface area contributed by atoms with Crippen molar-refractivity contribution in [2.45, 2.75) is 12.6 Å². The van der Waals surface area contributed by atoms with Crippen LogP contribution < -0.4 is 16.4 Å². The van der Waals surface area contributed by atoms with Gasteiger partial charge in [-0.2, -0.15) is 0 Å². The number of nitrogens with two attached hydrogens (primary N) is 2. The molecule has 1 amide bonds. The first-order valence-electron chi connectivity index (χ1n) is 5.75. The molecule has 1 aromatic rings. The van der Waals surface area contributed by atoms with Crippen LogP contribution in [0.5, 0.6) is 0 Å². The molecule has 98 valence electrons. The summed E-state index contributed by atoms with van der Waals surface area (Å²) in [5.74, 6) is -0.396. The van der Waals surface area contributed by atoms with Crippen molar-refractivity contribution in [2.75, 3.05) is 24.7 Å². The number of hydrogen-bond donors (Lipinski definition) is 2. The molecule has 4 N–H and O–H groups in total. The van der Waals surface area contributed by atoms with Gasteiger partial charge in [-0.25, -0.2) is 0 Å². The smallest absolute Gasteiger partial charge is 0.242 e. The molecule has 0 aromatic heterocycles. The number of ether oxygens (including phenoxy) is 1. The molecular weight excluding hydrogens is 254 g/mol. The fourth-order valence-electron chi connectivity index (χ4n) is 2.13. The zero-order chi connectivity index (χ0) is 13.1. The molecule has 1 aromatic carbocycles. The minimum atomic E-state index is -0.453. The first-order chi connectivity index (χ1) is 8.63. The lowest BCUT2D eigenvalue weighted by atomic mass is 10.1. The number of carbonyl (C=O) groups excluding carboxylic acids is 1. The summed E-state index contributed by atoms with van der Waals surface area (Å²) in [4.78, 5) is 13.4. The Kier molecular flexibility index (Phi) is 4.06. The Morgan fingerprint density at radius 1 is 1.56 bits per heavy atom. The molecule has 18 heavy (non-hydrogen) atoms. The third kappa shape index (κ3) is 2.58. The van der Waals surface area contributed by atoms with E-state index in [0.29, 0.717) is 31.3 Å². The summed E-state index contributed by atoms with van der Waals surface area (Å²) in [6.07, 6.45) is 0. The lowest BCUT2D eigenvalue weighted by Gasteiger charge is -2.36. The van der Waals surface area contributed by atoms with Crippen molar-refractivity contribution in [2.24, 2.45) is 11.5 Å². The summed E-state index contributed by atoms with van der Waals surface area (Å²) in [6.45, 7) is 1.85. The number of anilines is 1. The number of morpholine rings is 1. The van der Waals surface area contributed by atoms with Gasteiger partial charge in [-0.15, -0.1) is 0 Å². The molecule has 1 unspecified atom stereocenters. The Balaban J connectivity index is 2.36. The van der Waals surface area contributed by atoms with Gasteiger partial charge in [0, 0.05) is 23.8 Å². The highest BCUT2D eigenvalue weighted by molar-refractivity contribution is 6.30. The predicted molar refractivity (Wildman–Crippen MR) is 70.5 cm³/mol. The van der Waals surface area contributed by atoms with E-state index in [1.54, 1.807) is 6.07 Å². The molecule has 5 nitrogen and oxygen atoms in total. The van der Waals surface area contributed by atoms with Gasteiger partial charge in [0.05, 0.1) is 13.2 Å². The number of rotatable bonds is 3. The normalized spacial score (nSPS) is 19.9. The van der Waals surface area contributed by atoms with Gasteiger partial charge < -0.3 is 21.1 Å². The average Bonchev–Trinajstić information content (AvgIpc) is 2.38. The Labute approximate surface area is 111 Å².